The van der Waals surface area contributed by atoms with E-state index < -0.39 is 0 Å². The lowest BCUT2D eigenvalue weighted by atomic mass is 10.1. The van der Waals surface area contributed by atoms with E-state index in [0.717, 1.165) is 37.2 Å². The topological polar surface area (TPSA) is 61.9 Å². The molecule has 6 nitrogen and oxygen atoms in total. The molecule has 1 aliphatic heterocycles. The van der Waals surface area contributed by atoms with Crippen molar-refractivity contribution in [2.75, 3.05) is 33.3 Å². The van der Waals surface area contributed by atoms with Crippen LogP contribution < -0.4 is 10.1 Å². The number of hydrogen-bond donors (Lipinski definition) is 1. The van der Waals surface area contributed by atoms with Gasteiger partial charge in [-0.15, -0.1) is 0 Å². The van der Waals surface area contributed by atoms with Crippen LogP contribution in [0.4, 0.5) is 0 Å². The van der Waals surface area contributed by atoms with Gasteiger partial charge in [-0.05, 0) is 30.5 Å². The zero-order chi connectivity index (χ0) is 18.4. The van der Waals surface area contributed by atoms with Gasteiger partial charge in [0.05, 0.1) is 13.7 Å². The molecular formula is C20H29N3O3. The fourth-order valence-electron chi connectivity index (χ4n) is 3.82. The molecule has 0 unspecified atom stereocenters. The minimum atomic E-state index is 0.0199. The molecule has 2 amide bonds. The molecular weight excluding hydrogens is 330 g/mol. The maximum Gasteiger partial charge on any atom is 0.237 e. The summed E-state index contributed by atoms with van der Waals surface area (Å²) < 4.78 is 5.13. The number of hydrogen-bond acceptors (Lipinski definition) is 4. The summed E-state index contributed by atoms with van der Waals surface area (Å²) in [6.45, 7) is 3.27. The van der Waals surface area contributed by atoms with Gasteiger partial charge in [0.25, 0.3) is 0 Å². The summed E-state index contributed by atoms with van der Waals surface area (Å²) in [5.41, 5.74) is 1.04. The van der Waals surface area contributed by atoms with E-state index >= 15 is 0 Å². The van der Waals surface area contributed by atoms with E-state index in [9.17, 15) is 9.59 Å². The zero-order valence-corrected chi connectivity index (χ0v) is 15.6. The predicted molar refractivity (Wildman–Crippen MR) is 99.9 cm³/mol. The maximum atomic E-state index is 12.4. The molecule has 26 heavy (non-hydrogen) atoms. The number of nitrogens with one attached hydrogen (secondary N) is 1. The van der Waals surface area contributed by atoms with Crippen molar-refractivity contribution in [1.82, 2.24) is 15.1 Å². The van der Waals surface area contributed by atoms with Crippen LogP contribution in [0.2, 0.25) is 0 Å². The van der Waals surface area contributed by atoms with Gasteiger partial charge in [-0.3, -0.25) is 14.5 Å². The molecule has 1 aromatic rings. The lowest BCUT2D eigenvalue weighted by Gasteiger charge is -2.37. The smallest absolute Gasteiger partial charge is 0.237 e. The van der Waals surface area contributed by atoms with Crippen LogP contribution in [0.25, 0.3) is 0 Å². The Morgan fingerprint density at radius 1 is 1.19 bits per heavy atom. The van der Waals surface area contributed by atoms with Gasteiger partial charge < -0.3 is 15.0 Å². The minimum Gasteiger partial charge on any atom is -0.497 e. The number of methoxy groups -OCH3 is 1. The second kappa shape index (κ2) is 9.03. The largest absolute Gasteiger partial charge is 0.497 e. The van der Waals surface area contributed by atoms with E-state index in [-0.39, 0.29) is 11.8 Å². The van der Waals surface area contributed by atoms with E-state index in [2.05, 4.69) is 15.1 Å². The van der Waals surface area contributed by atoms with Crippen LogP contribution >= 0.6 is 0 Å². The minimum absolute atomic E-state index is 0.0199. The molecule has 0 spiro atoms. The van der Waals surface area contributed by atoms with Crippen molar-refractivity contribution in [2.45, 2.75) is 44.7 Å². The number of amides is 2. The molecule has 1 N–H and O–H groups in total. The molecule has 0 bridgehead atoms. The summed E-state index contributed by atoms with van der Waals surface area (Å²) in [5, 5.41) is 2.94. The molecule has 1 saturated heterocycles. The maximum absolute atomic E-state index is 12.4. The van der Waals surface area contributed by atoms with Crippen LogP contribution in [0.3, 0.4) is 0 Å². The average molecular weight is 359 g/mol. The van der Waals surface area contributed by atoms with Gasteiger partial charge in [0.1, 0.15) is 5.75 Å². The Morgan fingerprint density at radius 2 is 1.92 bits per heavy atom. The fraction of sp³-hybridized carbons (Fsp3) is 0.600. The number of carbonyl (C=O) groups is 2. The number of piperazine rings is 1. The molecule has 2 aliphatic rings. The summed E-state index contributed by atoms with van der Waals surface area (Å²) >= 11 is 0. The Labute approximate surface area is 155 Å². The van der Waals surface area contributed by atoms with Gasteiger partial charge in [0, 0.05) is 38.6 Å². The summed E-state index contributed by atoms with van der Waals surface area (Å²) in [6, 6.07) is 8.12. The standard InChI is InChI=1S/C20H29N3O3/c1-26-18-8-6-16(7-9-18)14-21-19(24)10-11-22-12-13-23(20(25)15-22)17-4-2-3-5-17/h6-9,17H,2-5,10-15H2,1H3,(H,21,24). The van der Waals surface area contributed by atoms with Gasteiger partial charge in [-0.25, -0.2) is 0 Å². The Hall–Kier alpha value is -2.08. The van der Waals surface area contributed by atoms with Crippen LogP contribution in [-0.2, 0) is 16.1 Å². The third-order valence-corrected chi connectivity index (χ3v) is 5.41. The monoisotopic (exact) mass is 359 g/mol. The Kier molecular flexibility index (Phi) is 6.50. The van der Waals surface area contributed by atoms with Crippen LogP contribution in [0.5, 0.6) is 5.75 Å². The van der Waals surface area contributed by atoms with Crippen molar-refractivity contribution in [2.24, 2.45) is 0 Å². The molecule has 2 fully saturated rings. The van der Waals surface area contributed by atoms with E-state index in [1.54, 1.807) is 7.11 Å². The van der Waals surface area contributed by atoms with Gasteiger partial charge in [0.15, 0.2) is 0 Å². The Bertz CT molecular complexity index is 611. The molecule has 6 heteroatoms. The van der Waals surface area contributed by atoms with Gasteiger partial charge in [-0.1, -0.05) is 25.0 Å². The molecule has 142 valence electrons. The molecule has 1 heterocycles. The van der Waals surface area contributed by atoms with Crippen LogP contribution in [0, 0.1) is 0 Å². The third kappa shape index (κ3) is 4.97. The van der Waals surface area contributed by atoms with Gasteiger partial charge in [0.2, 0.25) is 11.8 Å². The fourth-order valence-corrected chi connectivity index (χ4v) is 3.82. The van der Waals surface area contributed by atoms with E-state index in [0.29, 0.717) is 32.1 Å². The van der Waals surface area contributed by atoms with Crippen molar-refractivity contribution in [3.05, 3.63) is 29.8 Å². The SMILES string of the molecule is COc1ccc(CNC(=O)CCN2CCN(C3CCCC3)C(=O)C2)cc1. The van der Waals surface area contributed by atoms with Crippen LogP contribution in [-0.4, -0.2) is 60.9 Å². The third-order valence-electron chi connectivity index (χ3n) is 5.41. The lowest BCUT2D eigenvalue weighted by Crippen LogP contribution is -2.53. The molecule has 0 aromatic heterocycles. The van der Waals surface area contributed by atoms with Crippen molar-refractivity contribution in [3.63, 3.8) is 0 Å². The molecule has 1 saturated carbocycles. The predicted octanol–water partition coefficient (Wildman–Crippen LogP) is 1.79. The highest BCUT2D eigenvalue weighted by molar-refractivity contribution is 5.80. The zero-order valence-electron chi connectivity index (χ0n) is 15.6. The summed E-state index contributed by atoms with van der Waals surface area (Å²) in [7, 11) is 1.63. The summed E-state index contributed by atoms with van der Waals surface area (Å²) in [4.78, 5) is 28.6. The van der Waals surface area contributed by atoms with Crippen molar-refractivity contribution in [1.29, 1.82) is 0 Å². The molecule has 3 rings (SSSR count). The van der Waals surface area contributed by atoms with Crippen LogP contribution in [0.15, 0.2) is 24.3 Å². The second-order valence-corrected chi connectivity index (χ2v) is 7.18. The Balaban J connectivity index is 1.36. The lowest BCUT2D eigenvalue weighted by molar-refractivity contribution is -0.139. The van der Waals surface area contributed by atoms with E-state index in [1.807, 2.05) is 24.3 Å². The highest BCUT2D eigenvalue weighted by atomic mass is 16.5. The van der Waals surface area contributed by atoms with E-state index in [1.165, 1.54) is 12.8 Å². The molecule has 1 aromatic carbocycles. The van der Waals surface area contributed by atoms with Gasteiger partial charge >= 0.3 is 0 Å². The first kappa shape index (κ1) is 18.7. The molecule has 0 atom stereocenters. The second-order valence-electron chi connectivity index (χ2n) is 7.18. The average Bonchev–Trinajstić information content (AvgIpc) is 3.19. The first-order chi connectivity index (χ1) is 12.7. The highest BCUT2D eigenvalue weighted by Gasteiger charge is 2.31. The summed E-state index contributed by atoms with van der Waals surface area (Å²) in [6.07, 6.45) is 5.21. The van der Waals surface area contributed by atoms with Gasteiger partial charge in [-0.2, -0.15) is 0 Å². The number of rotatable bonds is 7. The number of benzene rings is 1. The first-order valence-corrected chi connectivity index (χ1v) is 9.57. The Morgan fingerprint density at radius 3 is 2.58 bits per heavy atom. The van der Waals surface area contributed by atoms with Crippen molar-refractivity contribution < 1.29 is 14.3 Å². The van der Waals surface area contributed by atoms with Crippen molar-refractivity contribution in [3.8, 4) is 5.75 Å². The number of carbonyl (C=O) groups excluding carboxylic acids is 2. The van der Waals surface area contributed by atoms with E-state index in [4.69, 9.17) is 4.74 Å². The number of nitrogens with zero attached hydrogens (tertiary/aromatic N) is 2. The molecule has 1 aliphatic carbocycles. The first-order valence-electron chi connectivity index (χ1n) is 9.57. The molecule has 0 radical (unpaired) electrons. The number of ether oxygens (including phenoxy) is 1. The van der Waals surface area contributed by atoms with Crippen molar-refractivity contribution >= 4 is 11.8 Å². The summed E-state index contributed by atoms with van der Waals surface area (Å²) in [5.74, 6) is 1.05. The van der Waals surface area contributed by atoms with Crippen LogP contribution in [0.1, 0.15) is 37.7 Å². The highest BCUT2D eigenvalue weighted by Crippen LogP contribution is 2.24. The normalized spacial score (nSPS) is 19.0. The quantitative estimate of drug-likeness (QED) is 0.806.